The van der Waals surface area contributed by atoms with Gasteiger partial charge >= 0.3 is 5.97 Å². The van der Waals surface area contributed by atoms with E-state index < -0.39 is 5.97 Å². The van der Waals surface area contributed by atoms with Crippen LogP contribution in [-0.2, 0) is 13.6 Å². The minimum atomic E-state index is -1.02. The van der Waals surface area contributed by atoms with Gasteiger partial charge in [-0.05, 0) is 26.0 Å². The Morgan fingerprint density at radius 2 is 2.10 bits per heavy atom. The van der Waals surface area contributed by atoms with Crippen LogP contribution in [0.2, 0.25) is 0 Å². The zero-order chi connectivity index (χ0) is 15.6. The summed E-state index contributed by atoms with van der Waals surface area (Å²) >= 11 is 0. The zero-order valence-electron chi connectivity index (χ0n) is 12.0. The molecule has 0 fully saturated rings. The third-order valence-electron chi connectivity index (χ3n) is 3.23. The van der Waals surface area contributed by atoms with Crippen molar-refractivity contribution in [1.82, 2.24) is 20.1 Å². The molecule has 0 saturated heterocycles. The van der Waals surface area contributed by atoms with E-state index >= 15 is 0 Å². The number of hydrogen-bond donors (Lipinski definition) is 2. The Hall–Kier alpha value is -2.70. The molecule has 2 aromatic heterocycles. The summed E-state index contributed by atoms with van der Waals surface area (Å²) < 4.78 is 1.65. The summed E-state index contributed by atoms with van der Waals surface area (Å²) in [7, 11) is 1.77. The lowest BCUT2D eigenvalue weighted by molar-refractivity contribution is 0.0696. The molecule has 0 aromatic carbocycles. The molecule has 2 N–H and O–H groups in total. The highest BCUT2D eigenvalue weighted by molar-refractivity contribution is 5.96. The van der Waals surface area contributed by atoms with Crippen molar-refractivity contribution in [2.75, 3.05) is 0 Å². The molecule has 7 nitrogen and oxygen atoms in total. The SMILES string of the molecule is Cc1nn(C)c(C)c1C(=O)NCc1cc(C(=O)O)ccn1. The molecule has 2 rings (SSSR count). The Morgan fingerprint density at radius 1 is 1.38 bits per heavy atom. The molecular weight excluding hydrogens is 272 g/mol. The summed E-state index contributed by atoms with van der Waals surface area (Å²) in [6.45, 7) is 3.75. The van der Waals surface area contributed by atoms with Gasteiger partial charge in [0, 0.05) is 18.9 Å². The van der Waals surface area contributed by atoms with Crippen LogP contribution in [0.3, 0.4) is 0 Å². The number of aromatic carboxylic acids is 1. The van der Waals surface area contributed by atoms with E-state index in [9.17, 15) is 9.59 Å². The Bertz CT molecular complexity index is 706. The van der Waals surface area contributed by atoms with Gasteiger partial charge in [0.05, 0.1) is 29.1 Å². The highest BCUT2D eigenvalue weighted by Crippen LogP contribution is 2.11. The molecule has 2 aromatic rings. The van der Waals surface area contributed by atoms with Crippen LogP contribution >= 0.6 is 0 Å². The summed E-state index contributed by atoms with van der Waals surface area (Å²) in [6, 6.07) is 2.84. The molecule has 2 heterocycles. The van der Waals surface area contributed by atoms with Crippen molar-refractivity contribution in [3.8, 4) is 0 Å². The lowest BCUT2D eigenvalue weighted by atomic mass is 10.2. The summed E-state index contributed by atoms with van der Waals surface area (Å²) in [5.41, 5.74) is 2.59. The summed E-state index contributed by atoms with van der Waals surface area (Å²) in [5, 5.41) is 15.8. The third-order valence-corrected chi connectivity index (χ3v) is 3.23. The molecule has 0 spiro atoms. The number of nitrogens with zero attached hydrogens (tertiary/aromatic N) is 3. The Balaban J connectivity index is 2.11. The van der Waals surface area contributed by atoms with E-state index in [0.29, 0.717) is 17.0 Å². The molecule has 0 saturated carbocycles. The van der Waals surface area contributed by atoms with Gasteiger partial charge < -0.3 is 10.4 Å². The number of carbonyl (C=O) groups excluding carboxylic acids is 1. The average molecular weight is 288 g/mol. The molecule has 0 aliphatic carbocycles. The fourth-order valence-electron chi connectivity index (χ4n) is 2.07. The first-order chi connectivity index (χ1) is 9.90. The molecular formula is C14H16N4O3. The van der Waals surface area contributed by atoms with E-state index in [1.54, 1.807) is 18.7 Å². The highest BCUT2D eigenvalue weighted by Gasteiger charge is 2.17. The molecule has 0 aliphatic heterocycles. The standard InChI is InChI=1S/C14H16N4O3/c1-8-12(9(2)18(3)17-8)13(19)16-7-11-6-10(14(20)21)4-5-15-11/h4-6H,7H2,1-3H3,(H,16,19)(H,20,21). The molecule has 0 bridgehead atoms. The van der Waals surface area contributed by atoms with E-state index in [-0.39, 0.29) is 18.0 Å². The number of carboxylic acids is 1. The van der Waals surface area contributed by atoms with Gasteiger partial charge in [-0.25, -0.2) is 4.79 Å². The predicted molar refractivity (Wildman–Crippen MR) is 75.0 cm³/mol. The van der Waals surface area contributed by atoms with Gasteiger partial charge in [0.1, 0.15) is 0 Å². The van der Waals surface area contributed by atoms with Crippen LogP contribution in [0.4, 0.5) is 0 Å². The number of rotatable bonds is 4. The monoisotopic (exact) mass is 288 g/mol. The first kappa shape index (κ1) is 14.7. The molecule has 1 amide bonds. The second-order valence-corrected chi connectivity index (χ2v) is 4.69. The minimum Gasteiger partial charge on any atom is -0.478 e. The fraction of sp³-hybridized carbons (Fsp3) is 0.286. The predicted octanol–water partition coefficient (Wildman–Crippen LogP) is 1.06. The van der Waals surface area contributed by atoms with Crippen LogP contribution in [-0.4, -0.2) is 31.7 Å². The lowest BCUT2D eigenvalue weighted by Crippen LogP contribution is -2.24. The van der Waals surface area contributed by atoms with Gasteiger partial charge in [0.15, 0.2) is 0 Å². The number of amides is 1. The third kappa shape index (κ3) is 3.07. The maximum atomic E-state index is 12.2. The molecule has 0 radical (unpaired) electrons. The van der Waals surface area contributed by atoms with Gasteiger partial charge in [-0.3, -0.25) is 14.5 Å². The maximum Gasteiger partial charge on any atom is 0.335 e. The molecule has 0 unspecified atom stereocenters. The first-order valence-electron chi connectivity index (χ1n) is 6.36. The number of aryl methyl sites for hydroxylation is 2. The quantitative estimate of drug-likeness (QED) is 0.876. The van der Waals surface area contributed by atoms with Gasteiger partial charge in [-0.15, -0.1) is 0 Å². The fourth-order valence-corrected chi connectivity index (χ4v) is 2.07. The summed E-state index contributed by atoms with van der Waals surface area (Å²) in [4.78, 5) is 27.1. The summed E-state index contributed by atoms with van der Waals surface area (Å²) in [6.07, 6.45) is 1.41. The lowest BCUT2D eigenvalue weighted by Gasteiger charge is -2.06. The largest absolute Gasteiger partial charge is 0.478 e. The highest BCUT2D eigenvalue weighted by atomic mass is 16.4. The van der Waals surface area contributed by atoms with Crippen LogP contribution < -0.4 is 5.32 Å². The van der Waals surface area contributed by atoms with Gasteiger partial charge in [-0.2, -0.15) is 5.10 Å². The Kier molecular flexibility index (Phi) is 4.02. The Morgan fingerprint density at radius 3 is 2.67 bits per heavy atom. The van der Waals surface area contributed by atoms with Crippen molar-refractivity contribution >= 4 is 11.9 Å². The molecule has 7 heteroatoms. The van der Waals surface area contributed by atoms with Crippen molar-refractivity contribution in [3.63, 3.8) is 0 Å². The molecule has 0 aliphatic rings. The summed E-state index contributed by atoms with van der Waals surface area (Å²) in [5.74, 6) is -1.27. The van der Waals surface area contributed by atoms with E-state index in [0.717, 1.165) is 5.69 Å². The van der Waals surface area contributed by atoms with Gasteiger partial charge in [0.25, 0.3) is 5.91 Å². The second kappa shape index (κ2) is 5.74. The molecule has 110 valence electrons. The smallest absolute Gasteiger partial charge is 0.335 e. The van der Waals surface area contributed by atoms with E-state index in [2.05, 4.69) is 15.4 Å². The minimum absolute atomic E-state index is 0.142. The van der Waals surface area contributed by atoms with Gasteiger partial charge in [0.2, 0.25) is 0 Å². The molecule has 0 atom stereocenters. The number of carboxylic acid groups (broad SMARTS) is 1. The van der Waals surface area contributed by atoms with Crippen molar-refractivity contribution in [2.45, 2.75) is 20.4 Å². The number of pyridine rings is 1. The first-order valence-corrected chi connectivity index (χ1v) is 6.36. The van der Waals surface area contributed by atoms with Crippen molar-refractivity contribution in [2.24, 2.45) is 7.05 Å². The van der Waals surface area contributed by atoms with Gasteiger partial charge in [-0.1, -0.05) is 0 Å². The normalized spacial score (nSPS) is 10.4. The molecule has 21 heavy (non-hydrogen) atoms. The number of hydrogen-bond acceptors (Lipinski definition) is 4. The topological polar surface area (TPSA) is 97.1 Å². The van der Waals surface area contributed by atoms with E-state index in [1.165, 1.54) is 18.3 Å². The zero-order valence-corrected chi connectivity index (χ0v) is 12.0. The van der Waals surface area contributed by atoms with Crippen LogP contribution in [0.25, 0.3) is 0 Å². The van der Waals surface area contributed by atoms with Crippen molar-refractivity contribution < 1.29 is 14.7 Å². The van der Waals surface area contributed by atoms with E-state index in [1.807, 2.05) is 6.92 Å². The van der Waals surface area contributed by atoms with E-state index in [4.69, 9.17) is 5.11 Å². The van der Waals surface area contributed by atoms with Crippen LogP contribution in [0.1, 0.15) is 37.8 Å². The van der Waals surface area contributed by atoms with Crippen molar-refractivity contribution in [3.05, 3.63) is 46.5 Å². The average Bonchev–Trinajstić information content (AvgIpc) is 2.70. The van der Waals surface area contributed by atoms with Crippen LogP contribution in [0.15, 0.2) is 18.3 Å². The number of nitrogens with one attached hydrogen (secondary N) is 1. The second-order valence-electron chi connectivity index (χ2n) is 4.69. The maximum absolute atomic E-state index is 12.2. The van der Waals surface area contributed by atoms with Crippen LogP contribution in [0, 0.1) is 13.8 Å². The van der Waals surface area contributed by atoms with Crippen molar-refractivity contribution in [1.29, 1.82) is 0 Å². The van der Waals surface area contributed by atoms with Crippen LogP contribution in [0.5, 0.6) is 0 Å². The number of aromatic nitrogens is 3. The Labute approximate surface area is 121 Å². The number of carbonyl (C=O) groups is 2.